The number of nitrogens with one attached hydrogen (secondary N) is 1. The number of rotatable bonds is 7. The van der Waals surface area contributed by atoms with E-state index in [1.165, 1.54) is 15.3 Å². The monoisotopic (exact) mass is 309 g/mol. The van der Waals surface area contributed by atoms with Gasteiger partial charge in [0, 0.05) is 16.2 Å². The fourth-order valence-corrected chi connectivity index (χ4v) is 3.94. The summed E-state index contributed by atoms with van der Waals surface area (Å²) in [6.45, 7) is 4.21. The summed E-state index contributed by atoms with van der Waals surface area (Å²) in [7, 11) is 0. The van der Waals surface area contributed by atoms with E-state index in [1.54, 1.807) is 11.3 Å². The van der Waals surface area contributed by atoms with Gasteiger partial charge in [0.25, 0.3) is 0 Å². The lowest BCUT2D eigenvalue weighted by atomic mass is 9.74. The SMILES string of the molecule is Cc1cc(CCCC(=O)NC2(CC(=O)O)CCC2)c(C)s1. The molecule has 0 radical (unpaired) electrons. The topological polar surface area (TPSA) is 66.4 Å². The van der Waals surface area contributed by atoms with Crippen LogP contribution in [0.25, 0.3) is 0 Å². The van der Waals surface area contributed by atoms with Gasteiger partial charge in [-0.25, -0.2) is 0 Å². The first-order valence-electron chi connectivity index (χ1n) is 7.49. The minimum atomic E-state index is -0.834. The maximum Gasteiger partial charge on any atom is 0.305 e. The molecule has 2 N–H and O–H groups in total. The Morgan fingerprint density at radius 2 is 2.10 bits per heavy atom. The Morgan fingerprint density at radius 3 is 2.57 bits per heavy atom. The second-order valence-corrected chi connectivity index (χ2v) is 7.51. The number of hydrogen-bond donors (Lipinski definition) is 2. The van der Waals surface area contributed by atoms with Crippen LogP contribution < -0.4 is 5.32 Å². The molecule has 1 aliphatic rings. The van der Waals surface area contributed by atoms with Gasteiger partial charge in [0.1, 0.15) is 0 Å². The molecule has 116 valence electrons. The normalized spacial score (nSPS) is 16.3. The Morgan fingerprint density at radius 1 is 1.38 bits per heavy atom. The molecule has 21 heavy (non-hydrogen) atoms. The summed E-state index contributed by atoms with van der Waals surface area (Å²) in [5.74, 6) is -0.847. The van der Waals surface area contributed by atoms with Crippen LogP contribution in [0.15, 0.2) is 6.07 Å². The molecule has 0 spiro atoms. The minimum absolute atomic E-state index is 0.0134. The molecule has 4 nitrogen and oxygen atoms in total. The number of carbonyl (C=O) groups excluding carboxylic acids is 1. The van der Waals surface area contributed by atoms with Crippen molar-refractivity contribution in [3.05, 3.63) is 21.4 Å². The van der Waals surface area contributed by atoms with Crippen molar-refractivity contribution in [1.82, 2.24) is 5.32 Å². The minimum Gasteiger partial charge on any atom is -0.481 e. The lowest BCUT2D eigenvalue weighted by molar-refractivity contribution is -0.140. The van der Waals surface area contributed by atoms with E-state index >= 15 is 0 Å². The first-order valence-corrected chi connectivity index (χ1v) is 8.31. The van der Waals surface area contributed by atoms with Gasteiger partial charge in [0.15, 0.2) is 0 Å². The summed E-state index contributed by atoms with van der Waals surface area (Å²) in [6, 6.07) is 2.19. The third-order valence-electron chi connectivity index (χ3n) is 4.20. The van der Waals surface area contributed by atoms with Crippen LogP contribution in [0.3, 0.4) is 0 Å². The zero-order valence-electron chi connectivity index (χ0n) is 12.7. The standard InChI is InChI=1S/C16H23NO3S/c1-11-9-13(12(2)21-11)5-3-6-14(18)17-16(7-4-8-16)10-15(19)20/h9H,3-8,10H2,1-2H3,(H,17,18)(H,19,20). The van der Waals surface area contributed by atoms with Crippen LogP contribution in [-0.2, 0) is 16.0 Å². The summed E-state index contributed by atoms with van der Waals surface area (Å²) in [5, 5.41) is 11.9. The molecule has 1 aromatic heterocycles. The van der Waals surface area contributed by atoms with Gasteiger partial charge in [0.05, 0.1) is 12.0 Å². The summed E-state index contributed by atoms with van der Waals surface area (Å²) >= 11 is 1.79. The van der Waals surface area contributed by atoms with E-state index in [0.29, 0.717) is 6.42 Å². The van der Waals surface area contributed by atoms with Crippen molar-refractivity contribution in [3.8, 4) is 0 Å². The molecular weight excluding hydrogens is 286 g/mol. The zero-order valence-corrected chi connectivity index (χ0v) is 13.5. The number of carboxylic acid groups (broad SMARTS) is 1. The molecule has 0 aliphatic heterocycles. The summed E-state index contributed by atoms with van der Waals surface area (Å²) in [5.41, 5.74) is 0.854. The second-order valence-electron chi connectivity index (χ2n) is 6.04. The molecule has 1 fully saturated rings. The molecule has 1 aromatic rings. The molecule has 2 rings (SSSR count). The van der Waals surface area contributed by atoms with Crippen molar-refractivity contribution < 1.29 is 14.7 Å². The highest BCUT2D eigenvalue weighted by Gasteiger charge is 2.40. The van der Waals surface area contributed by atoms with E-state index in [1.807, 2.05) is 0 Å². The Labute approximate surface area is 129 Å². The van der Waals surface area contributed by atoms with E-state index in [2.05, 4.69) is 25.2 Å². The van der Waals surface area contributed by atoms with E-state index in [9.17, 15) is 9.59 Å². The lowest BCUT2D eigenvalue weighted by Crippen LogP contribution is -2.54. The van der Waals surface area contributed by atoms with Crippen molar-refractivity contribution >= 4 is 23.2 Å². The second kappa shape index (κ2) is 6.60. The number of carboxylic acids is 1. The van der Waals surface area contributed by atoms with Crippen molar-refractivity contribution in [2.45, 2.75) is 64.3 Å². The molecular formula is C16H23NO3S. The van der Waals surface area contributed by atoms with Gasteiger partial charge in [-0.1, -0.05) is 0 Å². The highest BCUT2D eigenvalue weighted by Crippen LogP contribution is 2.35. The van der Waals surface area contributed by atoms with Crippen molar-refractivity contribution in [3.63, 3.8) is 0 Å². The number of carbonyl (C=O) groups is 2. The van der Waals surface area contributed by atoms with Gasteiger partial charge in [-0.2, -0.15) is 0 Å². The van der Waals surface area contributed by atoms with Crippen molar-refractivity contribution in [1.29, 1.82) is 0 Å². The molecule has 0 atom stereocenters. The molecule has 0 aromatic carbocycles. The van der Waals surface area contributed by atoms with E-state index in [0.717, 1.165) is 32.1 Å². The van der Waals surface area contributed by atoms with Crippen LogP contribution in [0, 0.1) is 13.8 Å². The Kier molecular flexibility index (Phi) is 5.04. The summed E-state index contributed by atoms with van der Waals surface area (Å²) in [4.78, 5) is 25.5. The number of amides is 1. The number of aliphatic carboxylic acids is 1. The third kappa shape index (κ3) is 4.30. The number of hydrogen-bond acceptors (Lipinski definition) is 3. The molecule has 0 bridgehead atoms. The largest absolute Gasteiger partial charge is 0.481 e. The van der Waals surface area contributed by atoms with E-state index in [4.69, 9.17) is 5.11 Å². The Bertz CT molecular complexity index is 532. The van der Waals surface area contributed by atoms with Gasteiger partial charge in [-0.15, -0.1) is 11.3 Å². The fourth-order valence-electron chi connectivity index (χ4n) is 2.97. The maximum atomic E-state index is 12.0. The highest BCUT2D eigenvalue weighted by molar-refractivity contribution is 7.12. The van der Waals surface area contributed by atoms with Crippen molar-refractivity contribution in [2.75, 3.05) is 0 Å². The Balaban J connectivity index is 1.77. The predicted molar refractivity (Wildman–Crippen MR) is 83.7 cm³/mol. The van der Waals surface area contributed by atoms with Crippen LogP contribution in [-0.4, -0.2) is 22.5 Å². The number of aryl methyl sites for hydroxylation is 3. The molecule has 0 saturated heterocycles. The third-order valence-corrected chi connectivity index (χ3v) is 5.21. The highest BCUT2D eigenvalue weighted by atomic mass is 32.1. The number of thiophene rings is 1. The van der Waals surface area contributed by atoms with Gasteiger partial charge in [-0.3, -0.25) is 9.59 Å². The first kappa shape index (κ1) is 16.0. The van der Waals surface area contributed by atoms with Crippen LogP contribution in [0.4, 0.5) is 0 Å². The molecule has 1 saturated carbocycles. The van der Waals surface area contributed by atoms with Crippen LogP contribution in [0.2, 0.25) is 0 Å². The van der Waals surface area contributed by atoms with Gasteiger partial charge in [-0.05, 0) is 57.6 Å². The predicted octanol–water partition coefficient (Wildman–Crippen LogP) is 3.20. The van der Waals surface area contributed by atoms with Gasteiger partial charge < -0.3 is 10.4 Å². The van der Waals surface area contributed by atoms with Gasteiger partial charge >= 0.3 is 5.97 Å². The molecule has 0 unspecified atom stereocenters. The average Bonchev–Trinajstić information content (AvgIpc) is 2.64. The van der Waals surface area contributed by atoms with Crippen LogP contribution in [0.1, 0.15) is 53.8 Å². The summed E-state index contributed by atoms with van der Waals surface area (Å²) in [6.07, 6.45) is 4.81. The zero-order chi connectivity index (χ0) is 15.5. The van der Waals surface area contributed by atoms with Gasteiger partial charge in [0.2, 0.25) is 5.91 Å². The first-order chi connectivity index (χ1) is 9.90. The average molecular weight is 309 g/mol. The van der Waals surface area contributed by atoms with Crippen molar-refractivity contribution in [2.24, 2.45) is 0 Å². The summed E-state index contributed by atoms with van der Waals surface area (Å²) < 4.78 is 0. The van der Waals surface area contributed by atoms with Crippen LogP contribution in [0.5, 0.6) is 0 Å². The van der Waals surface area contributed by atoms with E-state index in [-0.39, 0.29) is 12.3 Å². The fraction of sp³-hybridized carbons (Fsp3) is 0.625. The molecule has 1 amide bonds. The Hall–Kier alpha value is -1.36. The lowest BCUT2D eigenvalue weighted by Gasteiger charge is -2.41. The molecule has 1 heterocycles. The molecule has 5 heteroatoms. The van der Waals surface area contributed by atoms with E-state index < -0.39 is 11.5 Å². The van der Waals surface area contributed by atoms with Crippen LogP contribution >= 0.6 is 11.3 Å². The smallest absolute Gasteiger partial charge is 0.305 e. The molecule has 1 aliphatic carbocycles. The maximum absolute atomic E-state index is 12.0. The quantitative estimate of drug-likeness (QED) is 0.813.